The van der Waals surface area contributed by atoms with E-state index < -0.39 is 22.0 Å². The topological polar surface area (TPSA) is 72.5 Å². The summed E-state index contributed by atoms with van der Waals surface area (Å²) in [7, 11) is -2.63. The van der Waals surface area contributed by atoms with Crippen LogP contribution in [0.1, 0.15) is 19.4 Å². The van der Waals surface area contributed by atoms with Crippen LogP contribution in [0, 0.1) is 12.8 Å². The van der Waals surface area contributed by atoms with Crippen LogP contribution in [-0.4, -0.2) is 27.5 Å². The summed E-state index contributed by atoms with van der Waals surface area (Å²) in [6.45, 7) is 5.33. The maximum absolute atomic E-state index is 12.5. The molecule has 0 aliphatic heterocycles. The van der Waals surface area contributed by atoms with Crippen molar-refractivity contribution in [3.63, 3.8) is 0 Å². The first kappa shape index (κ1) is 18.6. The van der Waals surface area contributed by atoms with Crippen LogP contribution in [0.4, 0.5) is 0 Å². The number of ether oxygens (including phenoxy) is 1. The van der Waals surface area contributed by atoms with Gasteiger partial charge in [0.15, 0.2) is 0 Å². The van der Waals surface area contributed by atoms with E-state index in [2.05, 4.69) is 41.3 Å². The molecule has 21 heavy (non-hydrogen) atoms. The SMILES string of the molecule is COC(=O)[C@@H](NS(=O)(=O)c1cc(Br)c(C)cc1Br)C(C)C. The van der Waals surface area contributed by atoms with Crippen LogP contribution in [0.25, 0.3) is 0 Å². The third kappa shape index (κ3) is 4.51. The monoisotopic (exact) mass is 441 g/mol. The van der Waals surface area contributed by atoms with Gasteiger partial charge in [0.25, 0.3) is 0 Å². The molecule has 1 N–H and O–H groups in total. The zero-order chi connectivity index (χ0) is 16.4. The van der Waals surface area contributed by atoms with E-state index in [9.17, 15) is 13.2 Å². The number of hydrogen-bond donors (Lipinski definition) is 1. The Bertz CT molecular complexity index is 644. The molecule has 5 nitrogen and oxygen atoms in total. The van der Waals surface area contributed by atoms with Gasteiger partial charge < -0.3 is 4.74 Å². The van der Waals surface area contributed by atoms with Crippen molar-refractivity contribution in [1.29, 1.82) is 0 Å². The standard InChI is InChI=1S/C13H17Br2NO4S/c1-7(2)12(13(17)20-4)16-21(18,19)11-6-9(14)8(3)5-10(11)15/h5-7,12,16H,1-4H3/t12-/m0/s1. The molecule has 1 rings (SSSR count). The molecule has 0 aromatic heterocycles. The Morgan fingerprint density at radius 1 is 1.24 bits per heavy atom. The van der Waals surface area contributed by atoms with Crippen molar-refractivity contribution in [1.82, 2.24) is 4.72 Å². The molecule has 0 aliphatic carbocycles. The van der Waals surface area contributed by atoms with E-state index in [-0.39, 0.29) is 10.8 Å². The van der Waals surface area contributed by atoms with E-state index in [4.69, 9.17) is 0 Å². The molecule has 0 radical (unpaired) electrons. The molecule has 8 heteroatoms. The Hall–Kier alpha value is -0.440. The third-order valence-electron chi connectivity index (χ3n) is 2.91. The Morgan fingerprint density at radius 2 is 1.81 bits per heavy atom. The van der Waals surface area contributed by atoms with Crippen molar-refractivity contribution in [3.8, 4) is 0 Å². The summed E-state index contributed by atoms with van der Waals surface area (Å²) < 4.78 is 33.1. The minimum Gasteiger partial charge on any atom is -0.468 e. The molecule has 118 valence electrons. The molecule has 0 fully saturated rings. The molecule has 1 aromatic carbocycles. The fourth-order valence-electron chi connectivity index (χ4n) is 1.65. The first-order chi connectivity index (χ1) is 9.60. The van der Waals surface area contributed by atoms with Gasteiger partial charge in [-0.05, 0) is 46.5 Å². The predicted octanol–water partition coefficient (Wildman–Crippen LogP) is 3.00. The van der Waals surface area contributed by atoms with E-state index in [1.54, 1.807) is 19.9 Å². The predicted molar refractivity (Wildman–Crippen MR) is 87.5 cm³/mol. The summed E-state index contributed by atoms with van der Waals surface area (Å²) >= 11 is 6.55. The highest BCUT2D eigenvalue weighted by Crippen LogP contribution is 2.29. The highest BCUT2D eigenvalue weighted by molar-refractivity contribution is 9.11. The molecule has 0 spiro atoms. The maximum atomic E-state index is 12.5. The van der Waals surface area contributed by atoms with Crippen molar-refractivity contribution < 1.29 is 17.9 Å². The Morgan fingerprint density at radius 3 is 2.29 bits per heavy atom. The maximum Gasteiger partial charge on any atom is 0.324 e. The number of methoxy groups -OCH3 is 1. The molecule has 0 amide bonds. The summed E-state index contributed by atoms with van der Waals surface area (Å²) in [5.41, 5.74) is 0.897. The molecular formula is C13H17Br2NO4S. The molecule has 0 heterocycles. The average molecular weight is 443 g/mol. The van der Waals surface area contributed by atoms with Crippen LogP contribution in [0.5, 0.6) is 0 Å². The van der Waals surface area contributed by atoms with Gasteiger partial charge in [0, 0.05) is 8.95 Å². The Balaban J connectivity index is 3.23. The van der Waals surface area contributed by atoms with Gasteiger partial charge in [0.05, 0.1) is 12.0 Å². The van der Waals surface area contributed by atoms with Gasteiger partial charge in [-0.3, -0.25) is 4.79 Å². The largest absolute Gasteiger partial charge is 0.468 e. The highest BCUT2D eigenvalue weighted by atomic mass is 79.9. The lowest BCUT2D eigenvalue weighted by atomic mass is 10.1. The Kier molecular flexibility index (Phi) is 6.39. The lowest BCUT2D eigenvalue weighted by Gasteiger charge is -2.20. The third-order valence-corrected chi connectivity index (χ3v) is 6.16. The second-order valence-electron chi connectivity index (χ2n) is 4.90. The van der Waals surface area contributed by atoms with Gasteiger partial charge in [-0.15, -0.1) is 0 Å². The highest BCUT2D eigenvalue weighted by Gasteiger charge is 2.30. The van der Waals surface area contributed by atoms with Gasteiger partial charge >= 0.3 is 5.97 Å². The normalized spacial score (nSPS) is 13.3. The molecule has 0 bridgehead atoms. The Labute approximate surface area is 141 Å². The average Bonchev–Trinajstić information content (AvgIpc) is 2.38. The van der Waals surface area contributed by atoms with E-state index in [0.29, 0.717) is 8.95 Å². The fraction of sp³-hybridized carbons (Fsp3) is 0.462. The van der Waals surface area contributed by atoms with Crippen molar-refractivity contribution in [2.45, 2.75) is 31.7 Å². The van der Waals surface area contributed by atoms with Crippen LogP contribution in [0.3, 0.4) is 0 Å². The second-order valence-corrected chi connectivity index (χ2v) is 8.29. The lowest BCUT2D eigenvalue weighted by Crippen LogP contribution is -2.45. The summed E-state index contributed by atoms with van der Waals surface area (Å²) in [5.74, 6) is -0.851. The second kappa shape index (κ2) is 7.21. The minimum atomic E-state index is -3.86. The summed E-state index contributed by atoms with van der Waals surface area (Å²) in [4.78, 5) is 11.8. The van der Waals surface area contributed by atoms with Gasteiger partial charge in [-0.2, -0.15) is 4.72 Å². The van der Waals surface area contributed by atoms with Crippen molar-refractivity contribution in [2.24, 2.45) is 5.92 Å². The van der Waals surface area contributed by atoms with Crippen molar-refractivity contribution in [3.05, 3.63) is 26.6 Å². The molecule has 0 saturated heterocycles. The number of sulfonamides is 1. The molecule has 1 aromatic rings. The van der Waals surface area contributed by atoms with Gasteiger partial charge in [-0.1, -0.05) is 29.8 Å². The fourth-order valence-corrected chi connectivity index (χ4v) is 4.66. The zero-order valence-corrected chi connectivity index (χ0v) is 16.1. The number of rotatable bonds is 5. The van der Waals surface area contributed by atoms with Crippen LogP contribution >= 0.6 is 31.9 Å². The number of carbonyl (C=O) groups is 1. The van der Waals surface area contributed by atoms with Gasteiger partial charge in [0.2, 0.25) is 10.0 Å². The van der Waals surface area contributed by atoms with Crippen LogP contribution in [0.15, 0.2) is 26.0 Å². The minimum absolute atomic E-state index is 0.0644. The summed E-state index contributed by atoms with van der Waals surface area (Å²) in [5, 5.41) is 0. The smallest absolute Gasteiger partial charge is 0.324 e. The van der Waals surface area contributed by atoms with Gasteiger partial charge in [-0.25, -0.2) is 8.42 Å². The van der Waals surface area contributed by atoms with Gasteiger partial charge in [0.1, 0.15) is 6.04 Å². The quantitative estimate of drug-likeness (QED) is 0.711. The van der Waals surface area contributed by atoms with E-state index >= 15 is 0 Å². The zero-order valence-electron chi connectivity index (χ0n) is 12.1. The lowest BCUT2D eigenvalue weighted by molar-refractivity contribution is -0.143. The summed E-state index contributed by atoms with van der Waals surface area (Å²) in [6, 6.07) is 2.25. The molecule has 0 unspecified atom stereocenters. The van der Waals surface area contributed by atoms with Crippen LogP contribution in [0.2, 0.25) is 0 Å². The molecule has 0 aliphatic rings. The molecule has 1 atom stereocenters. The number of benzene rings is 1. The van der Waals surface area contributed by atoms with E-state index in [1.807, 2.05) is 6.92 Å². The number of aryl methyl sites for hydroxylation is 1. The first-order valence-corrected chi connectivity index (χ1v) is 9.23. The number of nitrogens with one attached hydrogen (secondary N) is 1. The number of hydrogen-bond acceptors (Lipinski definition) is 4. The molecular weight excluding hydrogens is 426 g/mol. The van der Waals surface area contributed by atoms with Crippen molar-refractivity contribution in [2.75, 3.05) is 7.11 Å². The van der Waals surface area contributed by atoms with Crippen LogP contribution in [-0.2, 0) is 19.6 Å². The number of carbonyl (C=O) groups excluding carboxylic acids is 1. The van der Waals surface area contributed by atoms with E-state index in [1.165, 1.54) is 13.2 Å². The number of esters is 1. The first-order valence-electron chi connectivity index (χ1n) is 6.16. The van der Waals surface area contributed by atoms with Crippen molar-refractivity contribution >= 4 is 47.9 Å². The number of halogens is 2. The summed E-state index contributed by atoms with van der Waals surface area (Å²) in [6.07, 6.45) is 0. The van der Waals surface area contributed by atoms with Crippen LogP contribution < -0.4 is 4.72 Å². The van der Waals surface area contributed by atoms with E-state index in [0.717, 1.165) is 5.56 Å². The molecule has 0 saturated carbocycles.